The first-order chi connectivity index (χ1) is 10.4. The molecule has 1 unspecified atom stereocenters. The number of piperazine rings is 2. The molecule has 2 aliphatic rings. The summed E-state index contributed by atoms with van der Waals surface area (Å²) in [7, 11) is 2.32. The third-order valence-corrected chi connectivity index (χ3v) is 5.89. The van der Waals surface area contributed by atoms with Crippen LogP contribution >= 0.6 is 0 Å². The molecule has 0 bridgehead atoms. The largest absolute Gasteiger partial charge is 0.312 e. The van der Waals surface area contributed by atoms with Crippen LogP contribution in [0.25, 0.3) is 0 Å². The minimum Gasteiger partial charge on any atom is -0.312 e. The molecule has 2 rings (SSSR count). The van der Waals surface area contributed by atoms with Gasteiger partial charge in [0.2, 0.25) is 0 Å². The van der Waals surface area contributed by atoms with E-state index in [2.05, 4.69) is 61.7 Å². The highest BCUT2D eigenvalue weighted by Gasteiger charge is 2.31. The van der Waals surface area contributed by atoms with E-state index in [1.54, 1.807) is 0 Å². The van der Waals surface area contributed by atoms with Crippen molar-refractivity contribution in [2.24, 2.45) is 0 Å². The molecule has 4 nitrogen and oxygen atoms in total. The number of nitrogens with zero attached hydrogens (tertiary/aromatic N) is 3. The average molecular weight is 311 g/mol. The zero-order chi connectivity index (χ0) is 16.3. The van der Waals surface area contributed by atoms with E-state index in [1.807, 2.05) is 0 Å². The summed E-state index contributed by atoms with van der Waals surface area (Å²) in [5.74, 6) is 0. The lowest BCUT2D eigenvalue weighted by Crippen LogP contribution is -2.58. The molecule has 0 saturated carbocycles. The summed E-state index contributed by atoms with van der Waals surface area (Å²) in [5.41, 5.74) is 0. The van der Waals surface area contributed by atoms with Crippen molar-refractivity contribution in [2.45, 2.75) is 77.7 Å². The van der Waals surface area contributed by atoms with Gasteiger partial charge in [0.15, 0.2) is 0 Å². The number of hydrogen-bond donors (Lipinski definition) is 1. The molecule has 2 aliphatic heterocycles. The fourth-order valence-electron chi connectivity index (χ4n) is 4.00. The van der Waals surface area contributed by atoms with Gasteiger partial charge in [0.1, 0.15) is 0 Å². The monoisotopic (exact) mass is 310 g/mol. The predicted octanol–water partition coefficient (Wildman–Crippen LogP) is 1.86. The second kappa shape index (κ2) is 8.09. The Kier molecular flexibility index (Phi) is 6.69. The Morgan fingerprint density at radius 1 is 1.05 bits per heavy atom. The summed E-state index contributed by atoms with van der Waals surface area (Å²) in [6.45, 7) is 17.8. The van der Waals surface area contributed by atoms with E-state index in [0.29, 0.717) is 30.2 Å². The van der Waals surface area contributed by atoms with Crippen molar-refractivity contribution in [3.8, 4) is 0 Å². The van der Waals surface area contributed by atoms with Gasteiger partial charge < -0.3 is 5.32 Å². The normalized spacial score (nSPS) is 34.2. The van der Waals surface area contributed by atoms with Crippen molar-refractivity contribution >= 4 is 0 Å². The summed E-state index contributed by atoms with van der Waals surface area (Å²) in [4.78, 5) is 7.95. The summed E-state index contributed by atoms with van der Waals surface area (Å²) >= 11 is 0. The Labute approximate surface area is 138 Å². The Balaban J connectivity index is 1.83. The maximum absolute atomic E-state index is 3.55. The SMILES string of the molecule is CC(C)N1C[C@H](CCC(C)N2CCN[C@H](C)C2)N(C)[C@H](C)C1. The van der Waals surface area contributed by atoms with Crippen molar-refractivity contribution < 1.29 is 0 Å². The molecule has 0 aromatic carbocycles. The quantitative estimate of drug-likeness (QED) is 0.837. The van der Waals surface area contributed by atoms with Gasteiger partial charge in [-0.05, 0) is 54.5 Å². The van der Waals surface area contributed by atoms with Gasteiger partial charge in [-0.2, -0.15) is 0 Å². The molecule has 2 fully saturated rings. The highest BCUT2D eigenvalue weighted by atomic mass is 15.3. The molecule has 2 heterocycles. The average Bonchev–Trinajstić information content (AvgIpc) is 2.48. The number of likely N-dealkylation sites (N-methyl/N-ethyl adjacent to an activating group) is 1. The van der Waals surface area contributed by atoms with Crippen molar-refractivity contribution in [1.82, 2.24) is 20.0 Å². The van der Waals surface area contributed by atoms with E-state index in [1.165, 1.54) is 39.0 Å². The Morgan fingerprint density at radius 2 is 1.77 bits per heavy atom. The third kappa shape index (κ3) is 4.67. The lowest BCUT2D eigenvalue weighted by Gasteiger charge is -2.46. The molecule has 0 spiro atoms. The third-order valence-electron chi connectivity index (χ3n) is 5.89. The Morgan fingerprint density at radius 3 is 2.41 bits per heavy atom. The van der Waals surface area contributed by atoms with Crippen LogP contribution in [0.5, 0.6) is 0 Å². The standard InChI is InChI=1S/C18H38N4/c1-14(2)22-12-17(5)20(6)18(13-22)8-7-16(4)21-10-9-19-15(3)11-21/h14-19H,7-13H2,1-6H3/t15-,16?,17-,18+/m1/s1. The van der Waals surface area contributed by atoms with Crippen LogP contribution in [0.1, 0.15) is 47.5 Å². The molecule has 22 heavy (non-hydrogen) atoms. The summed E-state index contributed by atoms with van der Waals surface area (Å²) in [6.07, 6.45) is 2.64. The summed E-state index contributed by atoms with van der Waals surface area (Å²) < 4.78 is 0. The molecule has 0 radical (unpaired) electrons. The molecule has 4 atom stereocenters. The van der Waals surface area contributed by atoms with Gasteiger partial charge in [-0.15, -0.1) is 0 Å². The highest BCUT2D eigenvalue weighted by molar-refractivity contribution is 4.88. The minimum atomic E-state index is 0.644. The van der Waals surface area contributed by atoms with E-state index in [4.69, 9.17) is 0 Å². The van der Waals surface area contributed by atoms with Gasteiger partial charge >= 0.3 is 0 Å². The lowest BCUT2D eigenvalue weighted by atomic mass is 9.99. The molecule has 130 valence electrons. The zero-order valence-electron chi connectivity index (χ0n) is 15.7. The Bertz CT molecular complexity index is 333. The van der Waals surface area contributed by atoms with Crippen LogP contribution in [0.15, 0.2) is 0 Å². The van der Waals surface area contributed by atoms with Gasteiger partial charge in [0, 0.05) is 62.9 Å². The van der Waals surface area contributed by atoms with E-state index >= 15 is 0 Å². The molecule has 2 saturated heterocycles. The van der Waals surface area contributed by atoms with Crippen LogP contribution in [0.2, 0.25) is 0 Å². The van der Waals surface area contributed by atoms with Crippen molar-refractivity contribution in [3.05, 3.63) is 0 Å². The van der Waals surface area contributed by atoms with Crippen molar-refractivity contribution in [2.75, 3.05) is 39.8 Å². The van der Waals surface area contributed by atoms with Gasteiger partial charge in [-0.3, -0.25) is 14.7 Å². The van der Waals surface area contributed by atoms with Gasteiger partial charge in [0.05, 0.1) is 0 Å². The molecule has 4 heteroatoms. The number of hydrogen-bond acceptors (Lipinski definition) is 4. The minimum absolute atomic E-state index is 0.644. The van der Waals surface area contributed by atoms with E-state index < -0.39 is 0 Å². The van der Waals surface area contributed by atoms with E-state index in [9.17, 15) is 0 Å². The van der Waals surface area contributed by atoms with Gasteiger partial charge in [-0.1, -0.05) is 0 Å². The van der Waals surface area contributed by atoms with Crippen LogP contribution < -0.4 is 5.32 Å². The van der Waals surface area contributed by atoms with Crippen LogP contribution in [0, 0.1) is 0 Å². The molecular formula is C18H38N4. The first-order valence-corrected chi connectivity index (χ1v) is 9.32. The predicted molar refractivity (Wildman–Crippen MR) is 95.5 cm³/mol. The van der Waals surface area contributed by atoms with E-state index in [-0.39, 0.29) is 0 Å². The summed E-state index contributed by atoms with van der Waals surface area (Å²) in [5, 5.41) is 3.55. The maximum Gasteiger partial charge on any atom is 0.0224 e. The lowest BCUT2D eigenvalue weighted by molar-refractivity contribution is 0.0260. The van der Waals surface area contributed by atoms with Crippen LogP contribution in [0.3, 0.4) is 0 Å². The van der Waals surface area contributed by atoms with Crippen LogP contribution in [0.4, 0.5) is 0 Å². The van der Waals surface area contributed by atoms with Crippen LogP contribution in [-0.2, 0) is 0 Å². The topological polar surface area (TPSA) is 21.8 Å². The van der Waals surface area contributed by atoms with Crippen molar-refractivity contribution in [3.63, 3.8) is 0 Å². The molecule has 1 N–H and O–H groups in total. The number of rotatable bonds is 5. The molecular weight excluding hydrogens is 272 g/mol. The second-order valence-electron chi connectivity index (χ2n) is 7.99. The van der Waals surface area contributed by atoms with Crippen LogP contribution in [-0.4, -0.2) is 84.7 Å². The van der Waals surface area contributed by atoms with E-state index in [0.717, 1.165) is 6.54 Å². The fraction of sp³-hybridized carbons (Fsp3) is 1.00. The second-order valence-corrected chi connectivity index (χ2v) is 7.99. The van der Waals surface area contributed by atoms with Gasteiger partial charge in [0.25, 0.3) is 0 Å². The molecule has 0 aliphatic carbocycles. The fourth-order valence-corrected chi connectivity index (χ4v) is 4.00. The maximum atomic E-state index is 3.55. The smallest absolute Gasteiger partial charge is 0.0224 e. The van der Waals surface area contributed by atoms with Gasteiger partial charge in [-0.25, -0.2) is 0 Å². The first kappa shape index (κ1) is 18.2. The molecule has 0 amide bonds. The zero-order valence-corrected chi connectivity index (χ0v) is 15.7. The molecule has 0 aromatic heterocycles. The first-order valence-electron chi connectivity index (χ1n) is 9.32. The summed E-state index contributed by atoms with van der Waals surface area (Å²) in [6, 6.07) is 3.42. The Hall–Kier alpha value is -0.160. The number of nitrogens with one attached hydrogen (secondary N) is 1. The highest BCUT2D eigenvalue weighted by Crippen LogP contribution is 2.21. The van der Waals surface area contributed by atoms with Crippen molar-refractivity contribution in [1.29, 1.82) is 0 Å². The molecule has 0 aromatic rings.